The first-order chi connectivity index (χ1) is 17.5. The van der Waals surface area contributed by atoms with Crippen LogP contribution in [-0.2, 0) is 13.1 Å². The van der Waals surface area contributed by atoms with Crippen LogP contribution in [0, 0.1) is 0 Å². The van der Waals surface area contributed by atoms with Crippen molar-refractivity contribution in [3.8, 4) is 5.75 Å². The fraction of sp³-hybridized carbons (Fsp3) is 0.552. The minimum absolute atomic E-state index is 0.114. The zero-order valence-corrected chi connectivity index (χ0v) is 23.0. The van der Waals surface area contributed by atoms with Gasteiger partial charge in [-0.25, -0.2) is 0 Å². The van der Waals surface area contributed by atoms with Gasteiger partial charge in [-0.15, -0.1) is 0 Å². The third-order valence-electron chi connectivity index (χ3n) is 6.48. The summed E-state index contributed by atoms with van der Waals surface area (Å²) >= 11 is 0. The molecule has 0 radical (unpaired) electrons. The van der Waals surface area contributed by atoms with E-state index in [1.165, 1.54) is 38.6 Å². The summed E-state index contributed by atoms with van der Waals surface area (Å²) in [4.78, 5) is 14.9. The number of unbranched alkanes of at least 4 members (excludes halogenated alkanes) is 4. The van der Waals surface area contributed by atoms with E-state index in [4.69, 9.17) is 9.15 Å². The van der Waals surface area contributed by atoms with Crippen LogP contribution in [0.5, 0.6) is 5.75 Å². The van der Waals surface area contributed by atoms with Crippen LogP contribution in [0.3, 0.4) is 0 Å². The molecule has 1 amide bonds. The van der Waals surface area contributed by atoms with Gasteiger partial charge in [0.05, 0.1) is 31.0 Å². The van der Waals surface area contributed by atoms with Crippen molar-refractivity contribution in [3.63, 3.8) is 0 Å². The molecule has 7 nitrogen and oxygen atoms in total. The Kier molecular flexibility index (Phi) is 12.0. The van der Waals surface area contributed by atoms with Crippen LogP contribution in [-0.4, -0.2) is 53.3 Å². The van der Waals surface area contributed by atoms with Crippen LogP contribution in [0.4, 0.5) is 0 Å². The van der Waals surface area contributed by atoms with Gasteiger partial charge in [0.1, 0.15) is 11.4 Å². The topological polar surface area (TPSA) is 79.9 Å². The van der Waals surface area contributed by atoms with Crippen molar-refractivity contribution in [2.45, 2.75) is 78.4 Å². The van der Waals surface area contributed by atoms with Gasteiger partial charge in [-0.3, -0.25) is 4.79 Å². The lowest BCUT2D eigenvalue weighted by Crippen LogP contribution is -2.58. The average Bonchev–Trinajstić information content (AvgIpc) is 3.51. The Morgan fingerprint density at radius 1 is 1.14 bits per heavy atom. The van der Waals surface area contributed by atoms with E-state index in [9.17, 15) is 9.90 Å². The molecule has 1 atom stereocenters. The fourth-order valence-corrected chi connectivity index (χ4v) is 4.39. The molecule has 3 aromatic rings. The van der Waals surface area contributed by atoms with Gasteiger partial charge in [-0.05, 0) is 44.6 Å². The van der Waals surface area contributed by atoms with Crippen molar-refractivity contribution in [1.82, 2.24) is 14.8 Å². The summed E-state index contributed by atoms with van der Waals surface area (Å²) in [7, 11) is 3.63. The molecule has 0 fully saturated rings. The molecule has 0 bridgehead atoms. The predicted molar refractivity (Wildman–Crippen MR) is 147 cm³/mol. The number of methoxy groups -OCH3 is 1. The Labute approximate surface area is 216 Å². The standard InChI is InChI=1S/C19H20N2O4.C8H19N.C2H6/c1-19(12-22)11-20-15-6-7-25-17(15)9-16(20)18(23)21(19)10-13-4-3-5-14(8-13)24-2;1-3-4-5-6-7-8-9-2;1-2/h3-9,22H,10-12H2,1-2H3;9H,3-8H2,1-2H3;1-2H3. The lowest BCUT2D eigenvalue weighted by atomic mass is 9.96. The summed E-state index contributed by atoms with van der Waals surface area (Å²) in [5.74, 6) is 0.630. The number of carbonyl (C=O) groups excluding carboxylic acids is 1. The van der Waals surface area contributed by atoms with Gasteiger partial charge in [0.15, 0.2) is 5.58 Å². The van der Waals surface area contributed by atoms with Crippen LogP contribution < -0.4 is 10.1 Å². The van der Waals surface area contributed by atoms with Crippen LogP contribution in [0.1, 0.15) is 75.9 Å². The highest BCUT2D eigenvalue weighted by Crippen LogP contribution is 2.33. The summed E-state index contributed by atoms with van der Waals surface area (Å²) in [6.07, 6.45) is 8.52. The Morgan fingerprint density at radius 3 is 2.56 bits per heavy atom. The number of benzene rings is 1. The van der Waals surface area contributed by atoms with Gasteiger partial charge in [-0.1, -0.05) is 58.6 Å². The number of aromatic nitrogens is 1. The highest BCUT2D eigenvalue weighted by molar-refractivity contribution is 5.98. The van der Waals surface area contributed by atoms with Crippen LogP contribution in [0.25, 0.3) is 11.1 Å². The first kappa shape index (κ1) is 29.5. The van der Waals surface area contributed by atoms with Gasteiger partial charge < -0.3 is 29.0 Å². The molecule has 4 rings (SSSR count). The maximum atomic E-state index is 13.1. The van der Waals surface area contributed by atoms with E-state index >= 15 is 0 Å². The molecule has 0 aliphatic carbocycles. The Morgan fingerprint density at radius 2 is 1.89 bits per heavy atom. The molecule has 7 heteroatoms. The molecule has 2 N–H and O–H groups in total. The van der Waals surface area contributed by atoms with E-state index in [1.54, 1.807) is 24.3 Å². The van der Waals surface area contributed by atoms with E-state index in [-0.39, 0.29) is 12.5 Å². The summed E-state index contributed by atoms with van der Waals surface area (Å²) < 4.78 is 12.6. The summed E-state index contributed by atoms with van der Waals surface area (Å²) in [6, 6.07) is 11.2. The van der Waals surface area contributed by atoms with E-state index in [1.807, 2.05) is 62.7 Å². The van der Waals surface area contributed by atoms with Gasteiger partial charge in [0.2, 0.25) is 0 Å². The molecule has 3 heterocycles. The molecule has 0 saturated heterocycles. The lowest BCUT2D eigenvalue weighted by Gasteiger charge is -2.44. The van der Waals surface area contributed by atoms with Crippen molar-refractivity contribution in [1.29, 1.82) is 0 Å². The van der Waals surface area contributed by atoms with Crippen LogP contribution >= 0.6 is 0 Å². The first-order valence-corrected chi connectivity index (χ1v) is 13.2. The maximum absolute atomic E-state index is 13.1. The second-order valence-corrected chi connectivity index (χ2v) is 9.20. The van der Waals surface area contributed by atoms with Crippen molar-refractivity contribution in [3.05, 3.63) is 53.9 Å². The maximum Gasteiger partial charge on any atom is 0.271 e. The van der Waals surface area contributed by atoms with Gasteiger partial charge >= 0.3 is 0 Å². The molecule has 36 heavy (non-hydrogen) atoms. The Balaban J connectivity index is 0.000000354. The summed E-state index contributed by atoms with van der Waals surface area (Å²) in [5, 5.41) is 13.2. The number of amides is 1. The summed E-state index contributed by atoms with van der Waals surface area (Å²) in [6.45, 7) is 10.1. The SMILES string of the molecule is CC.CCCCCCCNC.COc1cccc(CN2C(=O)c3cc4occc4n3CC2(C)CO)c1. The number of aliphatic hydroxyl groups excluding tert-OH is 1. The highest BCUT2D eigenvalue weighted by Gasteiger charge is 2.42. The zero-order valence-electron chi connectivity index (χ0n) is 23.0. The van der Waals surface area contributed by atoms with E-state index in [0.717, 1.165) is 16.8 Å². The first-order valence-electron chi connectivity index (χ1n) is 13.2. The minimum Gasteiger partial charge on any atom is -0.497 e. The molecule has 1 unspecified atom stereocenters. The number of carbonyl (C=O) groups is 1. The van der Waals surface area contributed by atoms with E-state index in [0.29, 0.717) is 24.4 Å². The molecule has 0 saturated carbocycles. The molecule has 1 aromatic carbocycles. The van der Waals surface area contributed by atoms with Gasteiger partial charge in [0, 0.05) is 25.2 Å². The van der Waals surface area contributed by atoms with Crippen LogP contribution in [0.15, 0.2) is 47.1 Å². The van der Waals surface area contributed by atoms with Crippen molar-refractivity contribution >= 4 is 17.0 Å². The van der Waals surface area contributed by atoms with Crippen molar-refractivity contribution < 1.29 is 19.1 Å². The average molecular weight is 500 g/mol. The number of furan rings is 1. The predicted octanol–water partition coefficient (Wildman–Crippen LogP) is 5.85. The number of hydrogen-bond acceptors (Lipinski definition) is 5. The monoisotopic (exact) mass is 499 g/mol. The van der Waals surface area contributed by atoms with Crippen molar-refractivity contribution in [2.75, 3.05) is 27.3 Å². The zero-order chi connectivity index (χ0) is 26.6. The summed E-state index contributed by atoms with van der Waals surface area (Å²) in [5.41, 5.74) is 2.41. The fourth-order valence-electron chi connectivity index (χ4n) is 4.39. The number of rotatable bonds is 10. The largest absolute Gasteiger partial charge is 0.497 e. The quantitative estimate of drug-likeness (QED) is 0.342. The lowest BCUT2D eigenvalue weighted by molar-refractivity contribution is 0.0100. The number of hydrogen-bond donors (Lipinski definition) is 2. The Bertz CT molecular complexity index is 1050. The molecular formula is C29H45N3O4. The number of nitrogens with one attached hydrogen (secondary N) is 1. The third-order valence-corrected chi connectivity index (χ3v) is 6.48. The molecule has 200 valence electrons. The second-order valence-electron chi connectivity index (χ2n) is 9.20. The van der Waals surface area contributed by atoms with E-state index in [2.05, 4.69) is 12.2 Å². The highest BCUT2D eigenvalue weighted by atomic mass is 16.5. The van der Waals surface area contributed by atoms with Crippen molar-refractivity contribution in [2.24, 2.45) is 0 Å². The molecular weight excluding hydrogens is 454 g/mol. The Hall–Kier alpha value is -2.77. The number of aliphatic hydroxyl groups is 1. The smallest absolute Gasteiger partial charge is 0.271 e. The molecule has 0 spiro atoms. The molecule has 1 aliphatic rings. The number of fused-ring (bicyclic) bond motifs is 3. The second kappa shape index (κ2) is 14.7. The van der Waals surface area contributed by atoms with Gasteiger partial charge in [-0.2, -0.15) is 0 Å². The minimum atomic E-state index is -0.698. The van der Waals surface area contributed by atoms with Gasteiger partial charge in [0.25, 0.3) is 5.91 Å². The molecule has 1 aliphatic heterocycles. The van der Waals surface area contributed by atoms with E-state index < -0.39 is 5.54 Å². The van der Waals surface area contributed by atoms with Crippen LogP contribution in [0.2, 0.25) is 0 Å². The normalized spacial score (nSPS) is 16.6. The third kappa shape index (κ3) is 7.14. The molecule has 2 aromatic heterocycles. The number of nitrogens with zero attached hydrogens (tertiary/aromatic N) is 2. The number of ether oxygens (including phenoxy) is 1.